The lowest BCUT2D eigenvalue weighted by Crippen LogP contribution is -2.42. The SMILES string of the molecule is CCOC(=O)N1CCC(Nc2cc(Nc3ccccc3C)nc(C)n2)CC1. The zero-order valence-corrected chi connectivity index (χ0v) is 16.2. The van der Waals surface area contributed by atoms with Gasteiger partial charge in [-0.3, -0.25) is 0 Å². The number of nitrogens with zero attached hydrogens (tertiary/aromatic N) is 3. The van der Waals surface area contributed by atoms with E-state index in [0.29, 0.717) is 25.5 Å². The second-order valence-electron chi connectivity index (χ2n) is 6.73. The summed E-state index contributed by atoms with van der Waals surface area (Å²) in [6, 6.07) is 10.3. The van der Waals surface area contributed by atoms with Gasteiger partial charge in [-0.25, -0.2) is 14.8 Å². The number of ether oxygens (including phenoxy) is 1. The summed E-state index contributed by atoms with van der Waals surface area (Å²) in [7, 11) is 0. The van der Waals surface area contributed by atoms with E-state index in [1.165, 1.54) is 0 Å². The van der Waals surface area contributed by atoms with E-state index < -0.39 is 0 Å². The number of hydrogen-bond acceptors (Lipinski definition) is 6. The van der Waals surface area contributed by atoms with Crippen molar-refractivity contribution in [2.24, 2.45) is 0 Å². The van der Waals surface area contributed by atoms with Gasteiger partial charge in [0.05, 0.1) is 6.61 Å². The van der Waals surface area contributed by atoms with Gasteiger partial charge in [0, 0.05) is 30.9 Å². The van der Waals surface area contributed by atoms with Gasteiger partial charge in [-0.05, 0) is 45.2 Å². The van der Waals surface area contributed by atoms with E-state index in [2.05, 4.69) is 33.6 Å². The summed E-state index contributed by atoms with van der Waals surface area (Å²) >= 11 is 0. The summed E-state index contributed by atoms with van der Waals surface area (Å²) in [5.41, 5.74) is 2.19. The van der Waals surface area contributed by atoms with Crippen LogP contribution in [0.5, 0.6) is 0 Å². The van der Waals surface area contributed by atoms with Crippen LogP contribution in [-0.4, -0.2) is 46.7 Å². The molecule has 0 aliphatic carbocycles. The van der Waals surface area contributed by atoms with Gasteiger partial charge in [-0.2, -0.15) is 0 Å². The lowest BCUT2D eigenvalue weighted by Gasteiger charge is -2.31. The molecule has 1 saturated heterocycles. The van der Waals surface area contributed by atoms with Gasteiger partial charge in [0.2, 0.25) is 0 Å². The first-order chi connectivity index (χ1) is 13.0. The molecule has 7 heteroatoms. The second-order valence-corrected chi connectivity index (χ2v) is 6.73. The number of hydrogen-bond donors (Lipinski definition) is 2. The Morgan fingerprint density at radius 2 is 1.89 bits per heavy atom. The van der Waals surface area contributed by atoms with Gasteiger partial charge in [0.1, 0.15) is 17.5 Å². The molecule has 2 aromatic rings. The number of nitrogens with one attached hydrogen (secondary N) is 2. The molecule has 2 heterocycles. The average Bonchev–Trinajstić information content (AvgIpc) is 2.64. The zero-order chi connectivity index (χ0) is 19.2. The van der Waals surface area contributed by atoms with Crippen LogP contribution in [0, 0.1) is 13.8 Å². The number of rotatable bonds is 5. The smallest absolute Gasteiger partial charge is 0.409 e. The Bertz CT molecular complexity index is 788. The van der Waals surface area contributed by atoms with Crippen molar-refractivity contribution in [2.75, 3.05) is 30.3 Å². The molecule has 1 amide bonds. The van der Waals surface area contributed by atoms with E-state index in [1.807, 2.05) is 38.1 Å². The van der Waals surface area contributed by atoms with Crippen LogP contribution in [0.3, 0.4) is 0 Å². The Hall–Kier alpha value is -2.83. The van der Waals surface area contributed by atoms with Crippen LogP contribution in [0.15, 0.2) is 30.3 Å². The van der Waals surface area contributed by atoms with Crippen molar-refractivity contribution in [3.63, 3.8) is 0 Å². The van der Waals surface area contributed by atoms with Crippen LogP contribution in [0.25, 0.3) is 0 Å². The molecule has 3 rings (SSSR count). The molecule has 1 aliphatic rings. The molecule has 1 aromatic heterocycles. The number of aryl methyl sites for hydroxylation is 2. The van der Waals surface area contributed by atoms with Crippen LogP contribution in [0.1, 0.15) is 31.2 Å². The molecule has 0 spiro atoms. The standard InChI is InChI=1S/C20H27N5O2/c1-4-27-20(26)25-11-9-16(10-12-25)23-18-13-19(22-15(3)21-18)24-17-8-6-5-7-14(17)2/h5-8,13,16H,4,9-12H2,1-3H3,(H2,21,22,23,24). The highest BCUT2D eigenvalue weighted by Gasteiger charge is 2.23. The molecule has 0 saturated carbocycles. The third kappa shape index (κ3) is 5.09. The molecular weight excluding hydrogens is 342 g/mol. The highest BCUT2D eigenvalue weighted by Crippen LogP contribution is 2.22. The van der Waals surface area contributed by atoms with E-state index in [9.17, 15) is 4.79 Å². The van der Waals surface area contributed by atoms with Gasteiger partial charge in [-0.15, -0.1) is 0 Å². The van der Waals surface area contributed by atoms with E-state index >= 15 is 0 Å². The fourth-order valence-corrected chi connectivity index (χ4v) is 3.19. The summed E-state index contributed by atoms with van der Waals surface area (Å²) < 4.78 is 5.07. The van der Waals surface area contributed by atoms with Crippen molar-refractivity contribution in [1.82, 2.24) is 14.9 Å². The van der Waals surface area contributed by atoms with Gasteiger partial charge < -0.3 is 20.3 Å². The van der Waals surface area contributed by atoms with Gasteiger partial charge >= 0.3 is 6.09 Å². The van der Waals surface area contributed by atoms with Crippen molar-refractivity contribution >= 4 is 23.4 Å². The van der Waals surface area contributed by atoms with Crippen molar-refractivity contribution in [1.29, 1.82) is 0 Å². The maximum atomic E-state index is 11.8. The lowest BCUT2D eigenvalue weighted by molar-refractivity contribution is 0.0983. The van der Waals surface area contributed by atoms with Crippen molar-refractivity contribution in [3.8, 4) is 0 Å². The quantitative estimate of drug-likeness (QED) is 0.833. The molecule has 27 heavy (non-hydrogen) atoms. The van der Waals surface area contributed by atoms with Crippen molar-refractivity contribution < 1.29 is 9.53 Å². The average molecular weight is 369 g/mol. The minimum absolute atomic E-state index is 0.224. The largest absolute Gasteiger partial charge is 0.450 e. The molecule has 0 radical (unpaired) electrons. The number of aromatic nitrogens is 2. The van der Waals surface area contributed by atoms with E-state index in [1.54, 1.807) is 4.90 Å². The molecule has 144 valence electrons. The van der Waals surface area contributed by atoms with Gasteiger partial charge in [0.15, 0.2) is 0 Å². The summed E-state index contributed by atoms with van der Waals surface area (Å²) in [6.07, 6.45) is 1.50. The molecule has 0 atom stereocenters. The third-order valence-corrected chi connectivity index (χ3v) is 4.62. The molecule has 1 fully saturated rings. The zero-order valence-electron chi connectivity index (χ0n) is 16.2. The molecule has 0 bridgehead atoms. The monoisotopic (exact) mass is 369 g/mol. The maximum absolute atomic E-state index is 11.8. The van der Waals surface area contributed by atoms with Crippen LogP contribution in [-0.2, 0) is 4.74 Å². The number of piperidine rings is 1. The van der Waals surface area contributed by atoms with E-state index in [0.717, 1.165) is 35.7 Å². The van der Waals surface area contributed by atoms with Crippen LogP contribution in [0.4, 0.5) is 22.1 Å². The number of benzene rings is 1. The van der Waals surface area contributed by atoms with Crippen molar-refractivity contribution in [2.45, 2.75) is 39.7 Å². The Morgan fingerprint density at radius 3 is 2.59 bits per heavy atom. The van der Waals surface area contributed by atoms with E-state index in [4.69, 9.17) is 4.74 Å². The number of para-hydroxylation sites is 1. The van der Waals surface area contributed by atoms with Crippen LogP contribution < -0.4 is 10.6 Å². The molecule has 1 aliphatic heterocycles. The second kappa shape index (κ2) is 8.70. The predicted molar refractivity (Wildman–Crippen MR) is 106 cm³/mol. The predicted octanol–water partition coefficient (Wildman–Crippen LogP) is 3.87. The fraction of sp³-hybridized carbons (Fsp3) is 0.450. The number of likely N-dealkylation sites (tertiary alicyclic amines) is 1. The molecule has 0 unspecified atom stereocenters. The first-order valence-corrected chi connectivity index (χ1v) is 9.41. The number of amides is 1. The number of anilines is 3. The molecule has 7 nitrogen and oxygen atoms in total. The summed E-state index contributed by atoms with van der Waals surface area (Å²) in [6.45, 7) is 7.56. The highest BCUT2D eigenvalue weighted by atomic mass is 16.6. The van der Waals surface area contributed by atoms with Gasteiger partial charge in [0.25, 0.3) is 0 Å². The number of carbonyl (C=O) groups is 1. The maximum Gasteiger partial charge on any atom is 0.409 e. The first kappa shape index (κ1) is 18.9. The van der Waals surface area contributed by atoms with Crippen molar-refractivity contribution in [3.05, 3.63) is 41.7 Å². The van der Waals surface area contributed by atoms with Gasteiger partial charge in [-0.1, -0.05) is 18.2 Å². The fourth-order valence-electron chi connectivity index (χ4n) is 3.19. The summed E-state index contributed by atoms with van der Waals surface area (Å²) in [5, 5.41) is 6.85. The summed E-state index contributed by atoms with van der Waals surface area (Å²) in [4.78, 5) is 22.6. The minimum Gasteiger partial charge on any atom is -0.450 e. The summed E-state index contributed by atoms with van der Waals surface area (Å²) in [5.74, 6) is 2.27. The Kier molecular flexibility index (Phi) is 6.11. The lowest BCUT2D eigenvalue weighted by atomic mass is 10.1. The molecule has 2 N–H and O–H groups in total. The third-order valence-electron chi connectivity index (χ3n) is 4.62. The van der Waals surface area contributed by atoms with Crippen LogP contribution in [0.2, 0.25) is 0 Å². The topological polar surface area (TPSA) is 79.4 Å². The molecular formula is C20H27N5O2. The first-order valence-electron chi connectivity index (χ1n) is 9.41. The number of carbonyl (C=O) groups excluding carboxylic acids is 1. The molecule has 1 aromatic carbocycles. The Labute approximate surface area is 160 Å². The highest BCUT2D eigenvalue weighted by molar-refractivity contribution is 5.67. The normalized spacial score (nSPS) is 14.7. The Morgan fingerprint density at radius 1 is 1.19 bits per heavy atom. The van der Waals surface area contributed by atoms with Crippen LogP contribution >= 0.6 is 0 Å². The minimum atomic E-state index is -0.224. The van der Waals surface area contributed by atoms with E-state index in [-0.39, 0.29) is 12.1 Å². The Balaban J connectivity index is 1.62.